The number of aliphatic imine (C=N–C) groups is 1. The van der Waals surface area contributed by atoms with Crippen LogP contribution in [0.15, 0.2) is 29.3 Å². The molecular weight excluding hydrogens is 260 g/mol. The van der Waals surface area contributed by atoms with Gasteiger partial charge in [0.1, 0.15) is 0 Å². The zero-order chi connectivity index (χ0) is 12.1. The summed E-state index contributed by atoms with van der Waals surface area (Å²) in [5.41, 5.74) is 5.92. The summed E-state index contributed by atoms with van der Waals surface area (Å²) < 4.78 is 0. The van der Waals surface area contributed by atoms with Crippen LogP contribution in [0.4, 0.5) is 10.5 Å². The van der Waals surface area contributed by atoms with Gasteiger partial charge in [0, 0.05) is 16.5 Å². The molecule has 1 aliphatic rings. The van der Waals surface area contributed by atoms with Gasteiger partial charge in [0.2, 0.25) is 0 Å². The average Bonchev–Trinajstić information content (AvgIpc) is 2.83. The highest BCUT2D eigenvalue weighted by Gasteiger charge is 2.07. The molecule has 90 valence electrons. The number of anilines is 1. The highest BCUT2D eigenvalue weighted by molar-refractivity contribution is 8.14. The van der Waals surface area contributed by atoms with Crippen LogP contribution in [0.3, 0.4) is 0 Å². The minimum absolute atomic E-state index is 0.345. The van der Waals surface area contributed by atoms with Crippen LogP contribution < -0.4 is 16.2 Å². The van der Waals surface area contributed by atoms with Gasteiger partial charge < -0.3 is 5.32 Å². The molecule has 2 rings (SSSR count). The SMILES string of the molecule is O=C(NNC1=NCCS1)Nc1ccc(Cl)cc1. The van der Waals surface area contributed by atoms with Crippen LogP contribution in [0, 0.1) is 0 Å². The van der Waals surface area contributed by atoms with Crippen LogP contribution in [-0.2, 0) is 0 Å². The van der Waals surface area contributed by atoms with Crippen molar-refractivity contribution in [2.75, 3.05) is 17.6 Å². The Kier molecular flexibility index (Phi) is 4.11. The number of urea groups is 1. The molecule has 0 aromatic heterocycles. The smallest absolute Gasteiger partial charge is 0.307 e. The highest BCUT2D eigenvalue weighted by atomic mass is 35.5. The summed E-state index contributed by atoms with van der Waals surface area (Å²) in [6, 6.07) is 6.53. The molecule has 0 fully saturated rings. The Hall–Kier alpha value is -1.40. The van der Waals surface area contributed by atoms with E-state index in [9.17, 15) is 4.79 Å². The van der Waals surface area contributed by atoms with Crippen LogP contribution in [0.2, 0.25) is 5.02 Å². The van der Waals surface area contributed by atoms with Crippen molar-refractivity contribution in [1.29, 1.82) is 0 Å². The normalized spacial score (nSPS) is 14.1. The topological polar surface area (TPSA) is 65.5 Å². The second-order valence-corrected chi connectivity index (χ2v) is 4.77. The van der Waals surface area contributed by atoms with Crippen LogP contribution in [0.5, 0.6) is 0 Å². The molecule has 7 heteroatoms. The number of thioether (sulfide) groups is 1. The number of amides is 2. The van der Waals surface area contributed by atoms with Gasteiger partial charge in [-0.3, -0.25) is 10.4 Å². The fourth-order valence-electron chi connectivity index (χ4n) is 1.22. The Morgan fingerprint density at radius 3 is 2.76 bits per heavy atom. The van der Waals surface area contributed by atoms with Gasteiger partial charge in [-0.15, -0.1) is 0 Å². The molecule has 0 atom stereocenters. The number of benzene rings is 1. The summed E-state index contributed by atoms with van der Waals surface area (Å²) in [6.45, 7) is 0.785. The van der Waals surface area contributed by atoms with E-state index in [4.69, 9.17) is 11.6 Å². The quantitative estimate of drug-likeness (QED) is 0.685. The molecule has 0 aliphatic carbocycles. The number of carbonyl (C=O) groups is 1. The van der Waals surface area contributed by atoms with Crippen molar-refractivity contribution in [3.8, 4) is 0 Å². The fourth-order valence-corrected chi connectivity index (χ4v) is 2.02. The number of halogens is 1. The average molecular weight is 271 g/mol. The zero-order valence-corrected chi connectivity index (χ0v) is 10.4. The van der Waals surface area contributed by atoms with Gasteiger partial charge in [0.15, 0.2) is 5.17 Å². The first kappa shape index (κ1) is 12.1. The van der Waals surface area contributed by atoms with Crippen molar-refractivity contribution >= 4 is 40.2 Å². The first-order valence-electron chi connectivity index (χ1n) is 5.00. The Bertz CT molecular complexity index is 434. The lowest BCUT2D eigenvalue weighted by Gasteiger charge is -2.08. The lowest BCUT2D eigenvalue weighted by molar-refractivity contribution is 0.250. The lowest BCUT2D eigenvalue weighted by Crippen LogP contribution is -2.42. The minimum Gasteiger partial charge on any atom is -0.307 e. The minimum atomic E-state index is -0.345. The third kappa shape index (κ3) is 3.83. The van der Waals surface area contributed by atoms with E-state index >= 15 is 0 Å². The van der Waals surface area contributed by atoms with Gasteiger partial charge in [-0.25, -0.2) is 10.2 Å². The van der Waals surface area contributed by atoms with Gasteiger partial charge in [0.05, 0.1) is 6.54 Å². The van der Waals surface area contributed by atoms with E-state index in [1.165, 1.54) is 0 Å². The first-order valence-corrected chi connectivity index (χ1v) is 6.36. The van der Waals surface area contributed by atoms with E-state index < -0.39 is 0 Å². The molecule has 3 N–H and O–H groups in total. The van der Waals surface area contributed by atoms with Gasteiger partial charge in [-0.05, 0) is 24.3 Å². The molecule has 1 aromatic rings. The predicted octanol–water partition coefficient (Wildman–Crippen LogP) is 2.07. The molecule has 0 saturated carbocycles. The molecule has 0 bridgehead atoms. The lowest BCUT2D eigenvalue weighted by atomic mass is 10.3. The maximum Gasteiger partial charge on any atom is 0.337 e. The molecule has 0 saturated heterocycles. The summed E-state index contributed by atoms with van der Waals surface area (Å²) in [5.74, 6) is 0.947. The standard InChI is InChI=1S/C10H11ClN4OS/c11-7-1-3-8(4-2-7)13-9(16)14-15-10-12-5-6-17-10/h1-4H,5-6H2,(H,12,15)(H2,13,14,16). The molecule has 1 aliphatic heterocycles. The molecule has 0 spiro atoms. The summed E-state index contributed by atoms with van der Waals surface area (Å²) >= 11 is 7.31. The second kappa shape index (κ2) is 5.79. The van der Waals surface area contributed by atoms with E-state index in [1.54, 1.807) is 36.0 Å². The number of hydrogen-bond acceptors (Lipinski definition) is 4. The van der Waals surface area contributed by atoms with Crippen LogP contribution in [0.25, 0.3) is 0 Å². The van der Waals surface area contributed by atoms with Crippen molar-refractivity contribution in [3.63, 3.8) is 0 Å². The van der Waals surface area contributed by atoms with E-state index in [2.05, 4.69) is 21.2 Å². The second-order valence-electron chi connectivity index (χ2n) is 3.25. The van der Waals surface area contributed by atoms with Crippen molar-refractivity contribution in [2.45, 2.75) is 0 Å². The zero-order valence-electron chi connectivity index (χ0n) is 8.87. The fraction of sp³-hybridized carbons (Fsp3) is 0.200. The van der Waals surface area contributed by atoms with Gasteiger partial charge in [-0.2, -0.15) is 0 Å². The molecule has 5 nitrogen and oxygen atoms in total. The molecule has 1 heterocycles. The molecule has 1 aromatic carbocycles. The van der Waals surface area contributed by atoms with Crippen molar-refractivity contribution in [3.05, 3.63) is 29.3 Å². The summed E-state index contributed by atoms with van der Waals surface area (Å²) in [7, 11) is 0. The largest absolute Gasteiger partial charge is 0.337 e. The number of carbonyl (C=O) groups excluding carboxylic acids is 1. The Labute approximate surface area is 108 Å². The van der Waals surface area contributed by atoms with Gasteiger partial charge in [-0.1, -0.05) is 23.4 Å². The third-order valence-electron chi connectivity index (χ3n) is 1.97. The monoisotopic (exact) mass is 270 g/mol. The summed E-state index contributed by atoms with van der Waals surface area (Å²) in [6.07, 6.45) is 0. The third-order valence-corrected chi connectivity index (χ3v) is 3.11. The van der Waals surface area contributed by atoms with Crippen LogP contribution in [-0.4, -0.2) is 23.5 Å². The maximum atomic E-state index is 11.5. The Balaban J connectivity index is 1.78. The predicted molar refractivity (Wildman–Crippen MR) is 71.5 cm³/mol. The molecule has 0 radical (unpaired) electrons. The highest BCUT2D eigenvalue weighted by Crippen LogP contribution is 2.13. The van der Waals surface area contributed by atoms with Gasteiger partial charge in [0.25, 0.3) is 0 Å². The number of hydrazine groups is 1. The number of amidine groups is 1. The molecule has 0 unspecified atom stereocenters. The molecule has 2 amide bonds. The number of nitrogens with zero attached hydrogens (tertiary/aromatic N) is 1. The van der Waals surface area contributed by atoms with Gasteiger partial charge >= 0.3 is 6.03 Å². The van der Waals surface area contributed by atoms with E-state index in [-0.39, 0.29) is 6.03 Å². The first-order chi connectivity index (χ1) is 8.24. The van der Waals surface area contributed by atoms with Crippen LogP contribution >= 0.6 is 23.4 Å². The van der Waals surface area contributed by atoms with E-state index in [0.717, 1.165) is 17.5 Å². The van der Waals surface area contributed by atoms with Crippen molar-refractivity contribution in [1.82, 2.24) is 10.9 Å². The number of hydrogen-bond donors (Lipinski definition) is 3. The van der Waals surface area contributed by atoms with E-state index in [1.807, 2.05) is 0 Å². The van der Waals surface area contributed by atoms with Crippen molar-refractivity contribution in [2.24, 2.45) is 4.99 Å². The summed E-state index contributed by atoms with van der Waals surface area (Å²) in [5, 5.41) is 4.02. The summed E-state index contributed by atoms with van der Waals surface area (Å²) in [4.78, 5) is 15.6. The Morgan fingerprint density at radius 2 is 2.12 bits per heavy atom. The molecular formula is C10H11ClN4OS. The Morgan fingerprint density at radius 1 is 1.35 bits per heavy atom. The van der Waals surface area contributed by atoms with Crippen molar-refractivity contribution < 1.29 is 4.79 Å². The van der Waals surface area contributed by atoms with E-state index in [0.29, 0.717) is 10.7 Å². The molecule has 17 heavy (non-hydrogen) atoms. The maximum absolute atomic E-state index is 11.5. The number of nitrogens with one attached hydrogen (secondary N) is 3. The van der Waals surface area contributed by atoms with Crippen LogP contribution in [0.1, 0.15) is 0 Å². The number of rotatable bonds is 1.